The van der Waals surface area contributed by atoms with Crippen LogP contribution in [0.2, 0.25) is 0 Å². The Hall–Kier alpha value is -3.37. The average molecular weight is 432 g/mol. The SMILES string of the molecule is C=CCn1c(SCC(=O)N(CCC#N)c2cc(C)cc(C)c2)nnc1-c1ccccc1. The van der Waals surface area contributed by atoms with Gasteiger partial charge in [-0.2, -0.15) is 5.26 Å². The zero-order valence-electron chi connectivity index (χ0n) is 17.8. The Morgan fingerprint density at radius 3 is 2.55 bits per heavy atom. The fourth-order valence-corrected chi connectivity index (χ4v) is 4.18. The number of hydrogen-bond donors (Lipinski definition) is 0. The number of nitrogens with zero attached hydrogens (tertiary/aromatic N) is 5. The minimum atomic E-state index is -0.0698. The number of carbonyl (C=O) groups excluding carboxylic acids is 1. The van der Waals surface area contributed by atoms with Crippen LogP contribution in [0.15, 0.2) is 66.3 Å². The quantitative estimate of drug-likeness (QED) is 0.360. The second kappa shape index (κ2) is 10.6. The summed E-state index contributed by atoms with van der Waals surface area (Å²) < 4.78 is 1.96. The Kier molecular flexibility index (Phi) is 7.63. The molecule has 0 fully saturated rings. The third-order valence-corrected chi connectivity index (χ3v) is 5.60. The van der Waals surface area contributed by atoms with Crippen molar-refractivity contribution in [2.24, 2.45) is 0 Å². The van der Waals surface area contributed by atoms with Gasteiger partial charge in [-0.15, -0.1) is 16.8 Å². The van der Waals surface area contributed by atoms with Gasteiger partial charge in [0.1, 0.15) is 0 Å². The molecule has 31 heavy (non-hydrogen) atoms. The van der Waals surface area contributed by atoms with Crippen LogP contribution in [0.5, 0.6) is 0 Å². The number of rotatable bonds is 9. The second-order valence-electron chi connectivity index (χ2n) is 7.16. The van der Waals surface area contributed by atoms with Crippen LogP contribution in [-0.2, 0) is 11.3 Å². The predicted molar refractivity (Wildman–Crippen MR) is 125 cm³/mol. The van der Waals surface area contributed by atoms with Crippen LogP contribution >= 0.6 is 11.8 Å². The monoisotopic (exact) mass is 431 g/mol. The maximum absolute atomic E-state index is 13.1. The minimum Gasteiger partial charge on any atom is -0.311 e. The molecule has 0 saturated carbocycles. The van der Waals surface area contributed by atoms with Gasteiger partial charge in [0.2, 0.25) is 5.91 Å². The number of nitriles is 1. The van der Waals surface area contributed by atoms with Gasteiger partial charge in [0.15, 0.2) is 11.0 Å². The number of thioether (sulfide) groups is 1. The highest BCUT2D eigenvalue weighted by atomic mass is 32.2. The lowest BCUT2D eigenvalue weighted by Crippen LogP contribution is -2.33. The van der Waals surface area contributed by atoms with E-state index in [2.05, 4.69) is 28.9 Å². The smallest absolute Gasteiger partial charge is 0.237 e. The Labute approximate surface area is 187 Å². The molecule has 158 valence electrons. The zero-order chi connectivity index (χ0) is 22.2. The Morgan fingerprint density at radius 1 is 1.19 bits per heavy atom. The van der Waals surface area contributed by atoms with Crippen molar-refractivity contribution >= 4 is 23.4 Å². The largest absolute Gasteiger partial charge is 0.311 e. The van der Waals surface area contributed by atoms with Gasteiger partial charge < -0.3 is 4.90 Å². The van der Waals surface area contributed by atoms with E-state index in [1.165, 1.54) is 11.8 Å². The van der Waals surface area contributed by atoms with Crippen molar-refractivity contribution in [2.75, 3.05) is 17.2 Å². The number of amides is 1. The van der Waals surface area contributed by atoms with Crippen LogP contribution in [0.25, 0.3) is 11.4 Å². The van der Waals surface area contributed by atoms with Crippen molar-refractivity contribution in [1.82, 2.24) is 14.8 Å². The van der Waals surface area contributed by atoms with E-state index >= 15 is 0 Å². The molecule has 0 bridgehead atoms. The van der Waals surface area contributed by atoms with E-state index in [0.29, 0.717) is 18.2 Å². The number of allylic oxidation sites excluding steroid dienone is 1. The molecular weight excluding hydrogens is 406 g/mol. The fraction of sp³-hybridized carbons (Fsp3) is 0.250. The number of carbonyl (C=O) groups is 1. The molecular formula is C24H25N5OS. The number of hydrogen-bond acceptors (Lipinski definition) is 5. The van der Waals surface area contributed by atoms with E-state index in [1.54, 1.807) is 11.0 Å². The maximum Gasteiger partial charge on any atom is 0.237 e. The first-order valence-electron chi connectivity index (χ1n) is 10.0. The first-order valence-corrected chi connectivity index (χ1v) is 11.0. The molecule has 7 heteroatoms. The maximum atomic E-state index is 13.1. The van der Waals surface area contributed by atoms with E-state index in [9.17, 15) is 4.79 Å². The normalized spacial score (nSPS) is 10.5. The summed E-state index contributed by atoms with van der Waals surface area (Å²) in [5.74, 6) is 0.869. The molecule has 3 aromatic rings. The first-order chi connectivity index (χ1) is 15.0. The van der Waals surface area contributed by atoms with Crippen LogP contribution in [-0.4, -0.2) is 33.0 Å². The fourth-order valence-electron chi connectivity index (χ4n) is 3.36. The standard InChI is InChI=1S/C24H25N5OS/c1-4-12-29-23(20-9-6-5-7-10-20)26-27-24(29)31-17-22(30)28(13-8-11-25)21-15-18(2)14-19(3)16-21/h4-7,9-10,14-16H,1,8,12-13,17H2,2-3H3. The zero-order valence-corrected chi connectivity index (χ0v) is 18.6. The molecule has 0 aliphatic rings. The Bertz CT molecular complexity index is 1080. The summed E-state index contributed by atoms with van der Waals surface area (Å²) in [7, 11) is 0. The van der Waals surface area contributed by atoms with Crippen molar-refractivity contribution < 1.29 is 4.79 Å². The molecule has 0 radical (unpaired) electrons. The molecule has 0 aliphatic carbocycles. The van der Waals surface area contributed by atoms with Gasteiger partial charge in [-0.1, -0.05) is 54.2 Å². The Balaban J connectivity index is 1.81. The van der Waals surface area contributed by atoms with Crippen molar-refractivity contribution in [2.45, 2.75) is 32.0 Å². The summed E-state index contributed by atoms with van der Waals surface area (Å²) in [6, 6.07) is 18.0. The third-order valence-electron chi connectivity index (χ3n) is 4.65. The molecule has 0 atom stereocenters. The summed E-state index contributed by atoms with van der Waals surface area (Å²) >= 11 is 1.34. The molecule has 0 N–H and O–H groups in total. The van der Waals surface area contributed by atoms with Crippen LogP contribution in [0, 0.1) is 25.2 Å². The lowest BCUT2D eigenvalue weighted by Gasteiger charge is -2.22. The summed E-state index contributed by atoms with van der Waals surface area (Å²) in [6.07, 6.45) is 2.06. The molecule has 0 aliphatic heterocycles. The molecule has 3 rings (SSSR count). The van der Waals surface area contributed by atoms with Gasteiger partial charge in [0, 0.05) is 24.3 Å². The van der Waals surface area contributed by atoms with Gasteiger partial charge in [0.25, 0.3) is 0 Å². The number of benzene rings is 2. The van der Waals surface area contributed by atoms with Gasteiger partial charge >= 0.3 is 0 Å². The Morgan fingerprint density at radius 2 is 1.90 bits per heavy atom. The molecule has 1 heterocycles. The molecule has 0 unspecified atom stereocenters. The van der Waals surface area contributed by atoms with Crippen molar-refractivity contribution in [3.05, 3.63) is 72.3 Å². The summed E-state index contributed by atoms with van der Waals surface area (Å²) in [6.45, 7) is 8.73. The summed E-state index contributed by atoms with van der Waals surface area (Å²) in [5.41, 5.74) is 3.93. The van der Waals surface area contributed by atoms with Gasteiger partial charge in [-0.25, -0.2) is 0 Å². The summed E-state index contributed by atoms with van der Waals surface area (Å²) in [5, 5.41) is 18.3. The van der Waals surface area contributed by atoms with Crippen molar-refractivity contribution in [1.29, 1.82) is 5.26 Å². The lowest BCUT2D eigenvalue weighted by atomic mass is 10.1. The average Bonchev–Trinajstić information content (AvgIpc) is 3.15. The van der Waals surface area contributed by atoms with Crippen LogP contribution < -0.4 is 4.90 Å². The molecule has 6 nitrogen and oxygen atoms in total. The molecule has 1 aromatic heterocycles. The van der Waals surface area contributed by atoms with Crippen LogP contribution in [0.4, 0.5) is 5.69 Å². The first kappa shape index (κ1) is 22.3. The number of aromatic nitrogens is 3. The van der Waals surface area contributed by atoms with Gasteiger partial charge in [0.05, 0.1) is 18.2 Å². The van der Waals surface area contributed by atoms with Gasteiger partial charge in [-0.05, 0) is 37.1 Å². The highest BCUT2D eigenvalue weighted by Crippen LogP contribution is 2.26. The predicted octanol–water partition coefficient (Wildman–Crippen LogP) is 4.79. The third kappa shape index (κ3) is 5.62. The topological polar surface area (TPSA) is 74.8 Å². The minimum absolute atomic E-state index is 0.0698. The summed E-state index contributed by atoms with van der Waals surface area (Å²) in [4.78, 5) is 14.8. The van der Waals surface area contributed by atoms with E-state index in [-0.39, 0.29) is 18.1 Å². The second-order valence-corrected chi connectivity index (χ2v) is 8.10. The highest BCUT2D eigenvalue weighted by molar-refractivity contribution is 7.99. The lowest BCUT2D eigenvalue weighted by molar-refractivity contribution is -0.116. The molecule has 1 amide bonds. The van der Waals surface area contributed by atoms with E-state index in [0.717, 1.165) is 28.2 Å². The van der Waals surface area contributed by atoms with Crippen LogP contribution in [0.1, 0.15) is 17.5 Å². The van der Waals surface area contributed by atoms with Gasteiger partial charge in [-0.3, -0.25) is 9.36 Å². The molecule has 0 saturated heterocycles. The number of anilines is 1. The van der Waals surface area contributed by atoms with Crippen LogP contribution in [0.3, 0.4) is 0 Å². The molecule has 2 aromatic carbocycles. The van der Waals surface area contributed by atoms with E-state index < -0.39 is 0 Å². The highest BCUT2D eigenvalue weighted by Gasteiger charge is 2.19. The number of aryl methyl sites for hydroxylation is 2. The van der Waals surface area contributed by atoms with Crippen molar-refractivity contribution in [3.8, 4) is 17.5 Å². The molecule has 0 spiro atoms. The van der Waals surface area contributed by atoms with Crippen molar-refractivity contribution in [3.63, 3.8) is 0 Å². The van der Waals surface area contributed by atoms with E-state index in [1.807, 2.05) is 60.9 Å². The van der Waals surface area contributed by atoms with E-state index in [4.69, 9.17) is 5.26 Å².